The number of carbonyl (C=O) groups is 2. The first-order chi connectivity index (χ1) is 9.38. The molecule has 110 valence electrons. The zero-order chi connectivity index (χ0) is 15.1. The van der Waals surface area contributed by atoms with E-state index in [-0.39, 0.29) is 17.5 Å². The molecule has 0 aliphatic rings. The van der Waals surface area contributed by atoms with Crippen molar-refractivity contribution in [3.05, 3.63) is 24.0 Å². The number of anilines is 2. The average molecular weight is 281 g/mol. The first-order valence-electron chi connectivity index (χ1n) is 6.49. The van der Waals surface area contributed by atoms with E-state index in [1.54, 1.807) is 0 Å². The summed E-state index contributed by atoms with van der Waals surface area (Å²) in [4.78, 5) is 22.6. The Labute approximate surface area is 117 Å². The van der Waals surface area contributed by atoms with Crippen molar-refractivity contribution in [1.82, 2.24) is 5.32 Å². The summed E-state index contributed by atoms with van der Waals surface area (Å²) in [6.45, 7) is 5.86. The van der Waals surface area contributed by atoms with Crippen LogP contribution in [0.2, 0.25) is 0 Å². The van der Waals surface area contributed by atoms with Gasteiger partial charge >= 0.3 is 0 Å². The van der Waals surface area contributed by atoms with Crippen LogP contribution in [-0.4, -0.2) is 24.4 Å². The molecule has 0 heterocycles. The third-order valence-electron chi connectivity index (χ3n) is 2.47. The van der Waals surface area contributed by atoms with Gasteiger partial charge in [0.1, 0.15) is 5.82 Å². The second-order valence-corrected chi connectivity index (χ2v) is 4.78. The summed E-state index contributed by atoms with van der Waals surface area (Å²) in [5, 5.41) is 8.16. The molecule has 0 radical (unpaired) electrons. The van der Waals surface area contributed by atoms with Gasteiger partial charge in [0.2, 0.25) is 11.8 Å². The lowest BCUT2D eigenvalue weighted by molar-refractivity contribution is -0.116. The predicted octanol–water partition coefficient (Wildman–Crippen LogP) is 2.11. The van der Waals surface area contributed by atoms with E-state index >= 15 is 0 Å². The number of rotatable bonds is 6. The minimum absolute atomic E-state index is 0.0515. The Morgan fingerprint density at radius 1 is 1.25 bits per heavy atom. The van der Waals surface area contributed by atoms with Gasteiger partial charge in [-0.2, -0.15) is 0 Å². The summed E-state index contributed by atoms with van der Waals surface area (Å²) in [6.07, 6.45) is 0.324. The van der Waals surface area contributed by atoms with E-state index in [1.807, 2.05) is 13.8 Å². The number of amides is 2. The van der Waals surface area contributed by atoms with Gasteiger partial charge in [0, 0.05) is 31.6 Å². The summed E-state index contributed by atoms with van der Waals surface area (Å²) < 4.78 is 13.4. The van der Waals surface area contributed by atoms with Gasteiger partial charge in [-0.05, 0) is 18.2 Å². The van der Waals surface area contributed by atoms with Crippen LogP contribution >= 0.6 is 0 Å². The number of carbonyl (C=O) groups excluding carboxylic acids is 2. The minimum atomic E-state index is -0.542. The third kappa shape index (κ3) is 5.79. The summed E-state index contributed by atoms with van der Waals surface area (Å²) in [7, 11) is 0. The summed E-state index contributed by atoms with van der Waals surface area (Å²) in [6, 6.07) is 4.37. The molecule has 0 saturated heterocycles. The topological polar surface area (TPSA) is 70.2 Å². The fraction of sp³-hybridized carbons (Fsp3) is 0.429. The molecule has 0 aliphatic heterocycles. The quantitative estimate of drug-likeness (QED) is 0.748. The molecule has 0 bridgehead atoms. The van der Waals surface area contributed by atoms with E-state index in [9.17, 15) is 14.0 Å². The van der Waals surface area contributed by atoms with Crippen molar-refractivity contribution in [2.75, 3.05) is 17.2 Å². The lowest BCUT2D eigenvalue weighted by Crippen LogP contribution is -2.27. The Kier molecular flexibility index (Phi) is 6.11. The molecule has 5 nitrogen and oxygen atoms in total. The average Bonchev–Trinajstić information content (AvgIpc) is 2.32. The van der Waals surface area contributed by atoms with Crippen molar-refractivity contribution in [2.24, 2.45) is 0 Å². The zero-order valence-electron chi connectivity index (χ0n) is 11.9. The molecule has 1 rings (SSSR count). The lowest BCUT2D eigenvalue weighted by atomic mass is 10.2. The monoisotopic (exact) mass is 281 g/mol. The van der Waals surface area contributed by atoms with Crippen molar-refractivity contribution in [3.8, 4) is 0 Å². The standard InChI is InChI=1S/C14H20FN3O2/c1-9(2)16-7-6-14(20)18-11-4-5-12(15)13(8-11)17-10(3)19/h4-5,8-9,16H,6-7H2,1-3H3,(H,17,19)(H,18,20). The fourth-order valence-electron chi connectivity index (χ4n) is 1.59. The van der Waals surface area contributed by atoms with Crippen LogP contribution in [0.1, 0.15) is 27.2 Å². The second-order valence-electron chi connectivity index (χ2n) is 4.78. The smallest absolute Gasteiger partial charge is 0.225 e. The molecule has 0 atom stereocenters. The van der Waals surface area contributed by atoms with Gasteiger partial charge in [0.25, 0.3) is 0 Å². The van der Waals surface area contributed by atoms with E-state index in [0.717, 1.165) is 0 Å². The number of hydrogen-bond acceptors (Lipinski definition) is 3. The minimum Gasteiger partial charge on any atom is -0.326 e. The lowest BCUT2D eigenvalue weighted by Gasteiger charge is -2.10. The van der Waals surface area contributed by atoms with Crippen molar-refractivity contribution in [3.63, 3.8) is 0 Å². The van der Waals surface area contributed by atoms with Crippen molar-refractivity contribution < 1.29 is 14.0 Å². The van der Waals surface area contributed by atoms with Gasteiger partial charge in [-0.15, -0.1) is 0 Å². The highest BCUT2D eigenvalue weighted by atomic mass is 19.1. The van der Waals surface area contributed by atoms with E-state index < -0.39 is 5.82 Å². The van der Waals surface area contributed by atoms with E-state index in [1.165, 1.54) is 25.1 Å². The van der Waals surface area contributed by atoms with E-state index in [0.29, 0.717) is 24.7 Å². The molecule has 6 heteroatoms. The Bertz CT molecular complexity index is 489. The molecule has 0 aromatic heterocycles. The predicted molar refractivity (Wildman–Crippen MR) is 77.1 cm³/mol. The number of halogens is 1. The first kappa shape index (κ1) is 16.1. The molecule has 1 aromatic carbocycles. The van der Waals surface area contributed by atoms with Crippen LogP contribution < -0.4 is 16.0 Å². The van der Waals surface area contributed by atoms with E-state index in [2.05, 4.69) is 16.0 Å². The molecule has 0 unspecified atom stereocenters. The summed E-state index contributed by atoms with van der Waals surface area (Å²) >= 11 is 0. The van der Waals surface area contributed by atoms with Crippen molar-refractivity contribution >= 4 is 23.2 Å². The molecular weight excluding hydrogens is 261 g/mol. The molecule has 0 aliphatic carbocycles. The highest BCUT2D eigenvalue weighted by molar-refractivity contribution is 5.93. The Morgan fingerprint density at radius 3 is 2.55 bits per heavy atom. The Morgan fingerprint density at radius 2 is 1.95 bits per heavy atom. The highest BCUT2D eigenvalue weighted by Gasteiger charge is 2.07. The molecule has 1 aromatic rings. The van der Waals surface area contributed by atoms with Gasteiger partial charge in [0.05, 0.1) is 5.69 Å². The SMILES string of the molecule is CC(=O)Nc1cc(NC(=O)CCNC(C)C)ccc1F. The second kappa shape index (κ2) is 7.59. The molecule has 0 saturated carbocycles. The first-order valence-corrected chi connectivity index (χ1v) is 6.49. The molecule has 2 amide bonds. The van der Waals surface area contributed by atoms with Crippen LogP contribution in [0.15, 0.2) is 18.2 Å². The zero-order valence-corrected chi connectivity index (χ0v) is 11.9. The molecule has 0 spiro atoms. The maximum absolute atomic E-state index is 13.4. The Hall–Kier alpha value is -1.95. The van der Waals surface area contributed by atoms with Crippen molar-refractivity contribution in [1.29, 1.82) is 0 Å². The van der Waals surface area contributed by atoms with Gasteiger partial charge in [0.15, 0.2) is 0 Å². The summed E-state index contributed by atoms with van der Waals surface area (Å²) in [5.74, 6) is -1.08. The number of benzene rings is 1. The van der Waals surface area contributed by atoms with E-state index in [4.69, 9.17) is 0 Å². The van der Waals surface area contributed by atoms with Gasteiger partial charge < -0.3 is 16.0 Å². The van der Waals surface area contributed by atoms with Crippen LogP contribution in [0.4, 0.5) is 15.8 Å². The fourth-order valence-corrected chi connectivity index (χ4v) is 1.59. The van der Waals surface area contributed by atoms with Crippen LogP contribution in [0, 0.1) is 5.82 Å². The summed E-state index contributed by atoms with van der Waals surface area (Å²) in [5.41, 5.74) is 0.500. The molecule has 3 N–H and O–H groups in total. The van der Waals surface area contributed by atoms with Gasteiger partial charge in [-0.3, -0.25) is 9.59 Å². The van der Waals surface area contributed by atoms with Crippen molar-refractivity contribution in [2.45, 2.75) is 33.2 Å². The van der Waals surface area contributed by atoms with Gasteiger partial charge in [-0.1, -0.05) is 13.8 Å². The maximum Gasteiger partial charge on any atom is 0.225 e. The van der Waals surface area contributed by atoms with Crippen LogP contribution in [-0.2, 0) is 9.59 Å². The van der Waals surface area contributed by atoms with Crippen LogP contribution in [0.25, 0.3) is 0 Å². The van der Waals surface area contributed by atoms with Gasteiger partial charge in [-0.25, -0.2) is 4.39 Å². The Balaban J connectivity index is 2.59. The van der Waals surface area contributed by atoms with Crippen LogP contribution in [0.5, 0.6) is 0 Å². The largest absolute Gasteiger partial charge is 0.326 e. The molecular formula is C14H20FN3O2. The number of hydrogen-bond donors (Lipinski definition) is 3. The normalized spacial score (nSPS) is 10.4. The number of nitrogens with one attached hydrogen (secondary N) is 3. The third-order valence-corrected chi connectivity index (χ3v) is 2.47. The molecule has 20 heavy (non-hydrogen) atoms. The van der Waals surface area contributed by atoms with Crippen LogP contribution in [0.3, 0.4) is 0 Å². The molecule has 0 fully saturated rings. The maximum atomic E-state index is 13.4. The highest BCUT2D eigenvalue weighted by Crippen LogP contribution is 2.19.